The lowest BCUT2D eigenvalue weighted by molar-refractivity contribution is 0.398. The van der Waals surface area contributed by atoms with Crippen LogP contribution in [0.3, 0.4) is 0 Å². The summed E-state index contributed by atoms with van der Waals surface area (Å²) in [6.07, 6.45) is 19.8. The summed E-state index contributed by atoms with van der Waals surface area (Å²) < 4.78 is 0. The molecule has 0 heterocycles. The van der Waals surface area contributed by atoms with Crippen LogP contribution < -0.4 is 0 Å². The summed E-state index contributed by atoms with van der Waals surface area (Å²) >= 11 is 4.02. The maximum Gasteiger partial charge on any atom is 0.00725 e. The van der Waals surface area contributed by atoms with Crippen LogP contribution in [-0.2, 0) is 0 Å². The number of thioether (sulfide) groups is 2. The van der Waals surface area contributed by atoms with Crippen LogP contribution in [0, 0.1) is 12.8 Å². The van der Waals surface area contributed by atoms with Crippen molar-refractivity contribution in [2.45, 2.75) is 82.8 Å². The molecule has 121 valence electrons. The molecule has 0 aromatic heterocycles. The van der Waals surface area contributed by atoms with Gasteiger partial charge in [-0.25, -0.2) is 0 Å². The second-order valence-electron chi connectivity index (χ2n) is 5.87. The van der Waals surface area contributed by atoms with Crippen LogP contribution in [0.1, 0.15) is 77.6 Å². The quantitative estimate of drug-likeness (QED) is 0.303. The molecule has 0 saturated carbocycles. The zero-order valence-electron chi connectivity index (χ0n) is 14.2. The Morgan fingerprint density at radius 3 is 2.00 bits per heavy atom. The topological polar surface area (TPSA) is 0 Å². The van der Waals surface area contributed by atoms with E-state index in [1.54, 1.807) is 0 Å². The van der Waals surface area contributed by atoms with Crippen molar-refractivity contribution in [3.05, 3.63) is 6.92 Å². The summed E-state index contributed by atoms with van der Waals surface area (Å²) in [4.78, 5) is 0. The van der Waals surface area contributed by atoms with E-state index in [1.165, 1.54) is 70.0 Å². The Balaban J connectivity index is 3.67. The summed E-state index contributed by atoms with van der Waals surface area (Å²) in [6.45, 7) is 6.46. The van der Waals surface area contributed by atoms with Crippen molar-refractivity contribution in [3.8, 4) is 0 Å². The zero-order chi connectivity index (χ0) is 15.1. The monoisotopic (exact) mass is 317 g/mol. The van der Waals surface area contributed by atoms with Crippen LogP contribution in [0.25, 0.3) is 0 Å². The lowest BCUT2D eigenvalue weighted by Crippen LogP contribution is -2.16. The Hall–Kier alpha value is 0.700. The summed E-state index contributed by atoms with van der Waals surface area (Å²) in [6, 6.07) is 0. The molecule has 0 fully saturated rings. The van der Waals surface area contributed by atoms with E-state index in [2.05, 4.69) is 26.4 Å². The molecule has 0 aliphatic heterocycles. The van der Waals surface area contributed by atoms with E-state index < -0.39 is 0 Å². The Kier molecular flexibility index (Phi) is 16.6. The van der Waals surface area contributed by atoms with Gasteiger partial charge >= 0.3 is 0 Å². The standard InChI is InChI=1S/C18H37S2/c1-5-7-14-17(18(6-2)20-4)15-12-10-8-9-11-13-16-19-3/h17-18H,2,5-16H2,1,3-4H3. The average molecular weight is 318 g/mol. The number of hydrogen-bond donors (Lipinski definition) is 0. The highest BCUT2D eigenvalue weighted by Gasteiger charge is 2.17. The molecular formula is C18H37S2. The van der Waals surface area contributed by atoms with E-state index >= 15 is 0 Å². The summed E-state index contributed by atoms with van der Waals surface area (Å²) in [5.74, 6) is 2.26. The molecule has 2 unspecified atom stereocenters. The van der Waals surface area contributed by atoms with Crippen molar-refractivity contribution in [1.29, 1.82) is 0 Å². The minimum atomic E-state index is 0.795. The lowest BCUT2D eigenvalue weighted by Gasteiger charge is -2.24. The van der Waals surface area contributed by atoms with Gasteiger partial charge < -0.3 is 0 Å². The number of rotatable bonds is 15. The second-order valence-corrected chi connectivity index (χ2v) is 7.93. The number of hydrogen-bond acceptors (Lipinski definition) is 2. The molecule has 0 aromatic carbocycles. The van der Waals surface area contributed by atoms with Gasteiger partial charge in [0, 0.05) is 5.25 Å². The van der Waals surface area contributed by atoms with Crippen LogP contribution in [0.4, 0.5) is 0 Å². The average Bonchev–Trinajstić information content (AvgIpc) is 2.47. The predicted octanol–water partition coefficient (Wildman–Crippen LogP) is 6.84. The first-order valence-electron chi connectivity index (χ1n) is 8.61. The summed E-state index contributed by atoms with van der Waals surface area (Å²) in [5.41, 5.74) is 0. The third-order valence-electron chi connectivity index (χ3n) is 4.21. The van der Waals surface area contributed by atoms with Gasteiger partial charge in [0.25, 0.3) is 0 Å². The molecule has 0 bridgehead atoms. The van der Waals surface area contributed by atoms with E-state index in [1.807, 2.05) is 23.5 Å². The highest BCUT2D eigenvalue weighted by molar-refractivity contribution is 7.99. The van der Waals surface area contributed by atoms with E-state index in [4.69, 9.17) is 0 Å². The highest BCUT2D eigenvalue weighted by Crippen LogP contribution is 2.29. The van der Waals surface area contributed by atoms with E-state index in [-0.39, 0.29) is 0 Å². The Morgan fingerprint density at radius 1 is 0.850 bits per heavy atom. The lowest BCUT2D eigenvalue weighted by atomic mass is 9.91. The molecule has 0 aliphatic rings. The van der Waals surface area contributed by atoms with Gasteiger partial charge in [0.1, 0.15) is 0 Å². The van der Waals surface area contributed by atoms with Crippen LogP contribution in [0.2, 0.25) is 0 Å². The fourth-order valence-electron chi connectivity index (χ4n) is 2.89. The first-order valence-corrected chi connectivity index (χ1v) is 11.3. The molecule has 0 aromatic rings. The molecular weight excluding hydrogens is 280 g/mol. The van der Waals surface area contributed by atoms with Gasteiger partial charge in [-0.1, -0.05) is 58.8 Å². The van der Waals surface area contributed by atoms with Gasteiger partial charge in [0.05, 0.1) is 0 Å². The Labute approximate surface area is 137 Å². The molecule has 0 N–H and O–H groups in total. The summed E-state index contributed by atoms with van der Waals surface area (Å²) in [7, 11) is 0. The largest absolute Gasteiger partial charge is 0.165 e. The molecule has 20 heavy (non-hydrogen) atoms. The molecule has 0 nitrogen and oxygen atoms in total. The van der Waals surface area contributed by atoms with E-state index in [9.17, 15) is 0 Å². The second kappa shape index (κ2) is 16.1. The third-order valence-corrected chi connectivity index (χ3v) is 6.14. The molecule has 0 rings (SSSR count). The highest BCUT2D eigenvalue weighted by atomic mass is 32.2. The molecule has 0 saturated heterocycles. The van der Waals surface area contributed by atoms with Gasteiger partial charge in [-0.15, -0.1) is 0 Å². The minimum Gasteiger partial charge on any atom is -0.165 e. The fourth-order valence-corrected chi connectivity index (χ4v) is 4.27. The Morgan fingerprint density at radius 2 is 1.45 bits per heavy atom. The molecule has 2 atom stereocenters. The molecule has 2 heteroatoms. The van der Waals surface area contributed by atoms with Crippen molar-refractivity contribution < 1.29 is 0 Å². The predicted molar refractivity (Wildman–Crippen MR) is 101 cm³/mol. The van der Waals surface area contributed by atoms with Gasteiger partial charge in [-0.2, -0.15) is 23.5 Å². The van der Waals surface area contributed by atoms with Gasteiger partial charge in [0.2, 0.25) is 0 Å². The molecule has 1 radical (unpaired) electrons. The maximum atomic E-state index is 4.15. The zero-order valence-corrected chi connectivity index (χ0v) is 15.8. The van der Waals surface area contributed by atoms with Crippen LogP contribution in [-0.4, -0.2) is 23.5 Å². The van der Waals surface area contributed by atoms with Gasteiger partial charge in [-0.3, -0.25) is 0 Å². The molecule has 0 spiro atoms. The SMILES string of the molecule is [CH2]CC(SC)C(CCCC)CCCCCCCCSC. The molecule has 0 amide bonds. The third kappa shape index (κ3) is 11.4. The van der Waals surface area contributed by atoms with Crippen LogP contribution in [0.5, 0.6) is 0 Å². The van der Waals surface area contributed by atoms with Crippen LogP contribution in [0.15, 0.2) is 0 Å². The van der Waals surface area contributed by atoms with Gasteiger partial charge in [0.15, 0.2) is 0 Å². The minimum absolute atomic E-state index is 0.795. The Bertz CT molecular complexity index is 178. The van der Waals surface area contributed by atoms with Crippen molar-refractivity contribution in [2.75, 3.05) is 18.3 Å². The normalized spacial score (nSPS) is 14.4. The van der Waals surface area contributed by atoms with Crippen molar-refractivity contribution in [2.24, 2.45) is 5.92 Å². The maximum absolute atomic E-state index is 4.15. The first kappa shape index (κ1) is 20.7. The van der Waals surface area contributed by atoms with Crippen molar-refractivity contribution >= 4 is 23.5 Å². The fraction of sp³-hybridized carbons (Fsp3) is 0.944. The van der Waals surface area contributed by atoms with Crippen LogP contribution >= 0.6 is 23.5 Å². The summed E-state index contributed by atoms with van der Waals surface area (Å²) in [5, 5.41) is 0.795. The van der Waals surface area contributed by atoms with E-state index in [0.29, 0.717) is 0 Å². The van der Waals surface area contributed by atoms with Gasteiger partial charge in [-0.05, 0) is 49.9 Å². The number of unbranched alkanes of at least 4 members (excludes halogenated alkanes) is 6. The smallest absolute Gasteiger partial charge is 0.00725 e. The van der Waals surface area contributed by atoms with Crippen molar-refractivity contribution in [3.63, 3.8) is 0 Å². The molecule has 0 aliphatic carbocycles. The van der Waals surface area contributed by atoms with E-state index in [0.717, 1.165) is 17.6 Å². The first-order chi connectivity index (χ1) is 9.79. The van der Waals surface area contributed by atoms with Crippen molar-refractivity contribution in [1.82, 2.24) is 0 Å².